The fraction of sp³-hybridized carbons (Fsp3) is 0.174. The molecule has 0 saturated heterocycles. The van der Waals surface area contributed by atoms with Crippen molar-refractivity contribution in [3.05, 3.63) is 78.9 Å². The summed E-state index contributed by atoms with van der Waals surface area (Å²) < 4.78 is 16.4. The number of rotatable bonds is 10. The number of nitrogens with one attached hydrogen (secondary N) is 2. The monoisotopic (exact) mass is 392 g/mol. The number of para-hydroxylation sites is 1. The lowest BCUT2D eigenvalue weighted by atomic mass is 10.3. The van der Waals surface area contributed by atoms with Gasteiger partial charge >= 0.3 is 0 Å². The second kappa shape index (κ2) is 10.6. The normalized spacial score (nSPS) is 10.1. The maximum Gasteiger partial charge on any atom is 0.243 e. The van der Waals surface area contributed by atoms with Crippen molar-refractivity contribution in [2.75, 3.05) is 37.5 Å². The van der Waals surface area contributed by atoms with Crippen molar-refractivity contribution in [2.45, 2.75) is 0 Å². The van der Waals surface area contributed by atoms with E-state index >= 15 is 0 Å². The quantitative estimate of drug-likeness (QED) is 0.506. The highest BCUT2D eigenvalue weighted by Gasteiger charge is 2.04. The van der Waals surface area contributed by atoms with Gasteiger partial charge in [0.15, 0.2) is 0 Å². The van der Waals surface area contributed by atoms with Crippen molar-refractivity contribution in [3.63, 3.8) is 0 Å². The Kier molecular flexibility index (Phi) is 7.34. The summed E-state index contributed by atoms with van der Waals surface area (Å²) in [5, 5.41) is 5.93. The standard InChI is InChI=1S/C23H24N2O4/c1-27-20-12-10-18(11-13-20)25-23(26)17-24-19-6-5-9-22(16-19)29-15-14-28-21-7-3-2-4-8-21/h2-13,16,24H,14-15,17H2,1H3,(H,25,26). The molecule has 0 fully saturated rings. The largest absolute Gasteiger partial charge is 0.497 e. The molecule has 0 saturated carbocycles. The van der Waals surface area contributed by atoms with Crippen molar-refractivity contribution in [2.24, 2.45) is 0 Å². The van der Waals surface area contributed by atoms with Gasteiger partial charge < -0.3 is 24.8 Å². The van der Waals surface area contributed by atoms with Crippen LogP contribution < -0.4 is 24.8 Å². The first-order valence-electron chi connectivity index (χ1n) is 9.31. The van der Waals surface area contributed by atoms with Crippen LogP contribution in [-0.2, 0) is 4.79 Å². The van der Waals surface area contributed by atoms with Crippen LogP contribution in [0.15, 0.2) is 78.9 Å². The molecule has 0 aliphatic carbocycles. The van der Waals surface area contributed by atoms with Gasteiger partial charge in [-0.1, -0.05) is 24.3 Å². The molecule has 0 heterocycles. The molecule has 150 valence electrons. The molecular weight excluding hydrogens is 368 g/mol. The molecule has 0 aliphatic heterocycles. The number of carbonyl (C=O) groups is 1. The number of amides is 1. The van der Waals surface area contributed by atoms with Gasteiger partial charge in [-0.25, -0.2) is 0 Å². The van der Waals surface area contributed by atoms with Gasteiger partial charge in [-0.2, -0.15) is 0 Å². The zero-order chi connectivity index (χ0) is 20.3. The molecule has 0 radical (unpaired) electrons. The topological polar surface area (TPSA) is 68.8 Å². The van der Waals surface area contributed by atoms with E-state index < -0.39 is 0 Å². The van der Waals surface area contributed by atoms with Crippen molar-refractivity contribution in [1.29, 1.82) is 0 Å². The smallest absolute Gasteiger partial charge is 0.243 e. The van der Waals surface area contributed by atoms with E-state index in [-0.39, 0.29) is 12.5 Å². The van der Waals surface area contributed by atoms with Crippen LogP contribution in [0.5, 0.6) is 17.2 Å². The third-order valence-corrected chi connectivity index (χ3v) is 4.02. The van der Waals surface area contributed by atoms with Crippen molar-refractivity contribution in [1.82, 2.24) is 0 Å². The van der Waals surface area contributed by atoms with Crippen LogP contribution in [0.1, 0.15) is 0 Å². The van der Waals surface area contributed by atoms with E-state index in [9.17, 15) is 4.79 Å². The number of hydrogen-bond acceptors (Lipinski definition) is 5. The first-order valence-corrected chi connectivity index (χ1v) is 9.31. The maximum absolute atomic E-state index is 12.1. The highest BCUT2D eigenvalue weighted by Crippen LogP contribution is 2.18. The second-order valence-corrected chi connectivity index (χ2v) is 6.17. The average Bonchev–Trinajstić information content (AvgIpc) is 2.77. The van der Waals surface area contributed by atoms with Crippen LogP contribution in [-0.4, -0.2) is 32.8 Å². The lowest BCUT2D eigenvalue weighted by Gasteiger charge is -2.11. The van der Waals surface area contributed by atoms with Gasteiger partial charge in [0.05, 0.1) is 13.7 Å². The van der Waals surface area contributed by atoms with Crippen molar-refractivity contribution in [3.8, 4) is 17.2 Å². The van der Waals surface area contributed by atoms with Crippen LogP contribution in [0.4, 0.5) is 11.4 Å². The van der Waals surface area contributed by atoms with Crippen LogP contribution >= 0.6 is 0 Å². The third kappa shape index (κ3) is 6.77. The Hall–Kier alpha value is -3.67. The Balaban J connectivity index is 1.41. The molecule has 2 N–H and O–H groups in total. The van der Waals surface area contributed by atoms with Crippen molar-refractivity contribution >= 4 is 17.3 Å². The van der Waals surface area contributed by atoms with Crippen LogP contribution in [0.25, 0.3) is 0 Å². The molecule has 0 atom stereocenters. The van der Waals surface area contributed by atoms with Crippen LogP contribution in [0, 0.1) is 0 Å². The summed E-state index contributed by atoms with van der Waals surface area (Å²) in [5.74, 6) is 2.13. The molecular formula is C23H24N2O4. The number of anilines is 2. The zero-order valence-corrected chi connectivity index (χ0v) is 16.3. The molecule has 0 aromatic heterocycles. The zero-order valence-electron chi connectivity index (χ0n) is 16.3. The Bertz CT molecular complexity index is 898. The SMILES string of the molecule is COc1ccc(NC(=O)CNc2cccc(OCCOc3ccccc3)c2)cc1. The molecule has 0 unspecified atom stereocenters. The predicted octanol–water partition coefficient (Wildman–Crippen LogP) is 4.20. The van der Waals surface area contributed by atoms with Crippen LogP contribution in [0.2, 0.25) is 0 Å². The second-order valence-electron chi connectivity index (χ2n) is 6.17. The Morgan fingerprint density at radius 1 is 0.759 bits per heavy atom. The molecule has 3 aromatic rings. The fourth-order valence-corrected chi connectivity index (χ4v) is 2.59. The Labute approximate surface area is 170 Å². The summed E-state index contributed by atoms with van der Waals surface area (Å²) in [6, 6.07) is 24.3. The van der Waals surface area contributed by atoms with E-state index in [2.05, 4.69) is 10.6 Å². The van der Waals surface area contributed by atoms with E-state index in [4.69, 9.17) is 14.2 Å². The van der Waals surface area contributed by atoms with Crippen LogP contribution in [0.3, 0.4) is 0 Å². The van der Waals surface area contributed by atoms with E-state index in [1.54, 1.807) is 31.4 Å². The molecule has 6 heteroatoms. The van der Waals surface area contributed by atoms with Gasteiger partial charge in [0.1, 0.15) is 30.5 Å². The van der Waals surface area contributed by atoms with Gasteiger partial charge in [-0.15, -0.1) is 0 Å². The van der Waals surface area contributed by atoms with E-state index in [0.29, 0.717) is 24.7 Å². The fourth-order valence-electron chi connectivity index (χ4n) is 2.59. The minimum Gasteiger partial charge on any atom is -0.497 e. The molecule has 3 rings (SSSR count). The number of methoxy groups -OCH3 is 1. The molecule has 1 amide bonds. The summed E-state index contributed by atoms with van der Waals surface area (Å²) in [6.07, 6.45) is 0. The number of hydrogen-bond donors (Lipinski definition) is 2. The maximum atomic E-state index is 12.1. The summed E-state index contributed by atoms with van der Waals surface area (Å²) in [5.41, 5.74) is 1.52. The summed E-state index contributed by atoms with van der Waals surface area (Å²) >= 11 is 0. The summed E-state index contributed by atoms with van der Waals surface area (Å²) in [4.78, 5) is 12.1. The molecule has 29 heavy (non-hydrogen) atoms. The summed E-state index contributed by atoms with van der Waals surface area (Å²) in [6.45, 7) is 1.02. The van der Waals surface area contributed by atoms with E-state index in [1.807, 2.05) is 54.6 Å². The highest BCUT2D eigenvalue weighted by atomic mass is 16.5. The van der Waals surface area contributed by atoms with Gasteiger partial charge in [-0.3, -0.25) is 4.79 Å². The van der Waals surface area contributed by atoms with Gasteiger partial charge in [0, 0.05) is 17.4 Å². The predicted molar refractivity (Wildman–Crippen MR) is 114 cm³/mol. The Morgan fingerprint density at radius 3 is 2.17 bits per heavy atom. The van der Waals surface area contributed by atoms with E-state index in [0.717, 1.165) is 17.2 Å². The van der Waals surface area contributed by atoms with Gasteiger partial charge in [-0.05, 0) is 48.5 Å². The van der Waals surface area contributed by atoms with Crippen molar-refractivity contribution < 1.29 is 19.0 Å². The van der Waals surface area contributed by atoms with Gasteiger partial charge in [0.2, 0.25) is 5.91 Å². The average molecular weight is 392 g/mol. The molecule has 0 bridgehead atoms. The number of benzene rings is 3. The lowest BCUT2D eigenvalue weighted by Crippen LogP contribution is -2.21. The van der Waals surface area contributed by atoms with Gasteiger partial charge in [0.25, 0.3) is 0 Å². The van der Waals surface area contributed by atoms with E-state index in [1.165, 1.54) is 0 Å². The lowest BCUT2D eigenvalue weighted by molar-refractivity contribution is -0.114. The number of ether oxygens (including phenoxy) is 3. The third-order valence-electron chi connectivity index (χ3n) is 4.02. The number of carbonyl (C=O) groups excluding carboxylic acids is 1. The summed E-state index contributed by atoms with van der Waals surface area (Å²) in [7, 11) is 1.60. The first-order chi connectivity index (χ1) is 14.2. The highest BCUT2D eigenvalue weighted by molar-refractivity contribution is 5.93. The Morgan fingerprint density at radius 2 is 1.45 bits per heavy atom. The molecule has 6 nitrogen and oxygen atoms in total. The molecule has 0 aliphatic rings. The minimum absolute atomic E-state index is 0.141. The minimum atomic E-state index is -0.141. The molecule has 3 aromatic carbocycles. The first kappa shape index (κ1) is 20.1. The molecule has 0 spiro atoms.